The Bertz CT molecular complexity index is 892. The van der Waals surface area contributed by atoms with Crippen molar-refractivity contribution in [1.29, 1.82) is 0 Å². The molecule has 0 aliphatic carbocycles. The zero-order valence-corrected chi connectivity index (χ0v) is 16.3. The predicted molar refractivity (Wildman–Crippen MR) is 101 cm³/mol. The third-order valence-corrected chi connectivity index (χ3v) is 6.79. The number of carbonyl (C=O) groups excluding carboxylic acids is 1. The number of nitrogens with one attached hydrogen (secondary N) is 1. The molecule has 1 aliphatic rings. The first-order valence-corrected chi connectivity index (χ1v) is 10.5. The Hall–Kier alpha value is -1.90. The molecule has 1 heterocycles. The number of nitrogens with zero attached hydrogens (tertiary/aromatic N) is 1. The van der Waals surface area contributed by atoms with Crippen molar-refractivity contribution in [3.05, 3.63) is 58.6 Å². The number of hydrogen-bond donors (Lipinski definition) is 2. The summed E-state index contributed by atoms with van der Waals surface area (Å²) >= 11 is 3.30. The van der Waals surface area contributed by atoms with E-state index in [2.05, 4.69) is 21.2 Å². The van der Waals surface area contributed by atoms with Gasteiger partial charge in [0, 0.05) is 29.2 Å². The van der Waals surface area contributed by atoms with Crippen LogP contribution in [-0.2, 0) is 10.0 Å². The number of sulfonamides is 1. The molecule has 0 unspecified atom stereocenters. The van der Waals surface area contributed by atoms with Gasteiger partial charge in [0.05, 0.1) is 4.90 Å². The summed E-state index contributed by atoms with van der Waals surface area (Å²) in [5, 5.41) is 12.4. The number of rotatable bonds is 4. The number of carbonyl (C=O) groups is 1. The largest absolute Gasteiger partial charge is 0.508 e. The second-order valence-corrected chi connectivity index (χ2v) is 9.01. The highest BCUT2D eigenvalue weighted by Crippen LogP contribution is 2.22. The number of phenolic OH excluding ortho intramolecular Hbond substituents is 1. The molecular weight excluding hydrogens is 420 g/mol. The maximum atomic E-state index is 12.7. The molecule has 6 nitrogen and oxygen atoms in total. The minimum atomic E-state index is -3.52. The van der Waals surface area contributed by atoms with E-state index in [0.29, 0.717) is 31.5 Å². The predicted octanol–water partition coefficient (Wildman–Crippen LogP) is 2.74. The van der Waals surface area contributed by atoms with Gasteiger partial charge in [-0.1, -0.05) is 22.0 Å². The van der Waals surface area contributed by atoms with Crippen molar-refractivity contribution in [3.63, 3.8) is 0 Å². The minimum absolute atomic E-state index is 0.0352. The fraction of sp³-hybridized carbons (Fsp3) is 0.278. The van der Waals surface area contributed by atoms with Crippen LogP contribution in [0.3, 0.4) is 0 Å². The molecule has 0 radical (unpaired) electrons. The second-order valence-electron chi connectivity index (χ2n) is 6.16. The lowest BCUT2D eigenvalue weighted by Crippen LogP contribution is -2.46. The topological polar surface area (TPSA) is 86.7 Å². The average Bonchev–Trinajstić information content (AvgIpc) is 2.62. The van der Waals surface area contributed by atoms with Gasteiger partial charge in [0.2, 0.25) is 10.0 Å². The zero-order valence-electron chi connectivity index (χ0n) is 13.9. The van der Waals surface area contributed by atoms with E-state index in [0.717, 1.165) is 4.47 Å². The summed E-state index contributed by atoms with van der Waals surface area (Å²) in [5.41, 5.74) is 0.384. The second kappa shape index (κ2) is 7.77. The van der Waals surface area contributed by atoms with Crippen molar-refractivity contribution in [2.45, 2.75) is 23.8 Å². The normalized spacial score (nSPS) is 16.3. The molecule has 0 spiro atoms. The molecule has 2 aromatic rings. The molecular formula is C18H19BrN2O4S. The lowest BCUT2D eigenvalue weighted by molar-refractivity contribution is 0.0923. The van der Waals surface area contributed by atoms with Crippen molar-refractivity contribution in [2.24, 2.45) is 0 Å². The maximum Gasteiger partial charge on any atom is 0.251 e. The van der Waals surface area contributed by atoms with Gasteiger partial charge in [0.1, 0.15) is 5.75 Å². The summed E-state index contributed by atoms with van der Waals surface area (Å²) < 4.78 is 27.6. The van der Waals surface area contributed by atoms with Crippen LogP contribution in [0.5, 0.6) is 5.75 Å². The Balaban J connectivity index is 1.60. The summed E-state index contributed by atoms with van der Waals surface area (Å²) in [4.78, 5) is 12.5. The van der Waals surface area contributed by atoms with Crippen molar-refractivity contribution >= 4 is 31.9 Å². The molecule has 26 heavy (non-hydrogen) atoms. The van der Waals surface area contributed by atoms with Crippen molar-refractivity contribution < 1.29 is 18.3 Å². The number of piperidine rings is 1. The Labute approximate surface area is 161 Å². The molecule has 0 bridgehead atoms. The number of hydrogen-bond acceptors (Lipinski definition) is 4. The first-order valence-electron chi connectivity index (χ1n) is 8.22. The number of amides is 1. The molecule has 8 heteroatoms. The molecule has 0 atom stereocenters. The first-order chi connectivity index (χ1) is 12.4. The van der Waals surface area contributed by atoms with Crippen LogP contribution in [0.4, 0.5) is 0 Å². The van der Waals surface area contributed by atoms with Gasteiger partial charge in [-0.25, -0.2) is 8.42 Å². The molecule has 2 aromatic carbocycles. The highest BCUT2D eigenvalue weighted by atomic mass is 79.9. The van der Waals surface area contributed by atoms with Gasteiger partial charge in [-0.3, -0.25) is 4.79 Å². The van der Waals surface area contributed by atoms with E-state index >= 15 is 0 Å². The Kier molecular flexibility index (Phi) is 5.64. The summed E-state index contributed by atoms with van der Waals surface area (Å²) in [6, 6.07) is 12.6. The van der Waals surface area contributed by atoms with Crippen LogP contribution < -0.4 is 5.32 Å². The van der Waals surface area contributed by atoms with Gasteiger partial charge in [0.15, 0.2) is 0 Å². The summed E-state index contributed by atoms with van der Waals surface area (Å²) in [6.45, 7) is 0.701. The third kappa shape index (κ3) is 4.25. The van der Waals surface area contributed by atoms with Gasteiger partial charge < -0.3 is 10.4 Å². The third-order valence-electron chi connectivity index (χ3n) is 4.35. The van der Waals surface area contributed by atoms with Crippen LogP contribution in [0.25, 0.3) is 0 Å². The van der Waals surface area contributed by atoms with Gasteiger partial charge >= 0.3 is 0 Å². The van der Waals surface area contributed by atoms with E-state index in [1.54, 1.807) is 36.4 Å². The van der Waals surface area contributed by atoms with Crippen LogP contribution in [0, 0.1) is 0 Å². The Morgan fingerprint density at radius 1 is 1.12 bits per heavy atom. The molecule has 0 saturated carbocycles. The van der Waals surface area contributed by atoms with E-state index < -0.39 is 10.0 Å². The summed E-state index contributed by atoms with van der Waals surface area (Å²) in [5.74, 6) is -0.233. The van der Waals surface area contributed by atoms with Crippen molar-refractivity contribution in [1.82, 2.24) is 9.62 Å². The molecule has 1 aliphatic heterocycles. The van der Waals surface area contributed by atoms with E-state index in [1.807, 2.05) is 0 Å². The molecule has 1 fully saturated rings. The van der Waals surface area contributed by atoms with Crippen LogP contribution in [0.15, 0.2) is 57.9 Å². The standard InChI is InChI=1S/C18H19BrN2O4S/c19-14-4-6-17(7-5-14)26(24,25)21-10-8-15(9-11-21)20-18(23)13-2-1-3-16(22)12-13/h1-7,12,15,22H,8-11H2,(H,20,23). The number of benzene rings is 2. The van der Waals surface area contributed by atoms with E-state index in [9.17, 15) is 18.3 Å². The quantitative estimate of drug-likeness (QED) is 0.767. The molecule has 1 saturated heterocycles. The first kappa shape index (κ1) is 18.9. The highest BCUT2D eigenvalue weighted by Gasteiger charge is 2.30. The number of halogens is 1. The molecule has 3 rings (SSSR count). The van der Waals surface area contributed by atoms with E-state index in [4.69, 9.17) is 0 Å². The van der Waals surface area contributed by atoms with Gasteiger partial charge in [-0.2, -0.15) is 4.31 Å². The van der Waals surface area contributed by atoms with Crippen LogP contribution in [0.2, 0.25) is 0 Å². The Morgan fingerprint density at radius 3 is 2.38 bits per heavy atom. The van der Waals surface area contributed by atoms with Crippen LogP contribution >= 0.6 is 15.9 Å². The number of phenols is 1. The Morgan fingerprint density at radius 2 is 1.77 bits per heavy atom. The highest BCUT2D eigenvalue weighted by molar-refractivity contribution is 9.10. The fourth-order valence-electron chi connectivity index (χ4n) is 2.91. The summed E-state index contributed by atoms with van der Waals surface area (Å²) in [7, 11) is -3.52. The summed E-state index contributed by atoms with van der Waals surface area (Å²) in [6.07, 6.45) is 1.08. The minimum Gasteiger partial charge on any atom is -0.508 e. The zero-order chi connectivity index (χ0) is 18.7. The average molecular weight is 439 g/mol. The SMILES string of the molecule is O=C(NC1CCN(S(=O)(=O)c2ccc(Br)cc2)CC1)c1cccc(O)c1. The molecule has 1 amide bonds. The molecule has 138 valence electrons. The van der Waals surface area contributed by atoms with Gasteiger partial charge in [-0.15, -0.1) is 0 Å². The monoisotopic (exact) mass is 438 g/mol. The number of aromatic hydroxyl groups is 1. The smallest absolute Gasteiger partial charge is 0.251 e. The fourth-order valence-corrected chi connectivity index (χ4v) is 4.65. The van der Waals surface area contributed by atoms with E-state index in [-0.39, 0.29) is 22.6 Å². The lowest BCUT2D eigenvalue weighted by atomic mass is 10.1. The van der Waals surface area contributed by atoms with Crippen LogP contribution in [-0.4, -0.2) is 42.9 Å². The van der Waals surface area contributed by atoms with Gasteiger partial charge in [-0.05, 0) is 55.3 Å². The van der Waals surface area contributed by atoms with Crippen molar-refractivity contribution in [2.75, 3.05) is 13.1 Å². The van der Waals surface area contributed by atoms with Gasteiger partial charge in [0.25, 0.3) is 5.91 Å². The van der Waals surface area contributed by atoms with Crippen LogP contribution in [0.1, 0.15) is 23.2 Å². The molecule has 2 N–H and O–H groups in total. The molecule has 0 aromatic heterocycles. The maximum absolute atomic E-state index is 12.7. The lowest BCUT2D eigenvalue weighted by Gasteiger charge is -2.31. The van der Waals surface area contributed by atoms with Crippen molar-refractivity contribution in [3.8, 4) is 5.75 Å². The van der Waals surface area contributed by atoms with E-state index in [1.165, 1.54) is 16.4 Å².